The number of rotatable bonds is 24. The van der Waals surface area contributed by atoms with Crippen LogP contribution in [0.4, 0.5) is 0 Å². The molecule has 2 aliphatic carbocycles. The van der Waals surface area contributed by atoms with Gasteiger partial charge in [0.25, 0.3) is 11.8 Å². The highest BCUT2D eigenvalue weighted by Crippen LogP contribution is 2.35. The molecule has 0 radical (unpaired) electrons. The first kappa shape index (κ1) is 91.5. The third kappa shape index (κ3) is 25.3. The van der Waals surface area contributed by atoms with Crippen LogP contribution in [-0.4, -0.2) is 250 Å². The van der Waals surface area contributed by atoms with E-state index in [0.717, 1.165) is 38.5 Å². The Morgan fingerprint density at radius 3 is 1.35 bits per heavy atom. The van der Waals surface area contributed by atoms with Crippen LogP contribution >= 0.6 is 0 Å². The Morgan fingerprint density at radius 1 is 0.517 bits per heavy atom. The molecule has 2 saturated carbocycles. The molecule has 0 aromatic heterocycles. The van der Waals surface area contributed by atoms with Gasteiger partial charge in [-0.1, -0.05) is 150 Å². The summed E-state index contributed by atoms with van der Waals surface area (Å²) in [6, 6.07) is 21.8. The van der Waals surface area contributed by atoms with Gasteiger partial charge in [0.15, 0.2) is 25.8 Å². The molecule has 118 heavy (non-hydrogen) atoms. The Balaban J connectivity index is 0.000000269. The highest BCUT2D eigenvalue weighted by molar-refractivity contribution is 7.92. The number of benzene rings is 4. The number of hydrogen-bond acceptors (Lipinski definition) is 20. The number of nitrogens with one attached hydrogen (secondary N) is 8. The third-order valence-corrected chi connectivity index (χ3v) is 26.9. The zero-order valence-electron chi connectivity index (χ0n) is 68.0. The molecule has 6 aliphatic rings. The van der Waals surface area contributed by atoms with Crippen LogP contribution in [-0.2, 0) is 94.8 Å². The maximum atomic E-state index is 14.6. The fourth-order valence-corrected chi connectivity index (χ4v) is 19.5. The normalized spacial score (nSPS) is 22.5. The lowest BCUT2D eigenvalue weighted by Crippen LogP contribution is -2.58. The molecule has 2 saturated heterocycles. The topological polar surface area (TPSA) is 438 Å². The molecule has 8 bridgehead atoms. The van der Waals surface area contributed by atoms with E-state index < -0.39 is 174 Å². The van der Waals surface area contributed by atoms with E-state index in [0.29, 0.717) is 72.3 Å². The highest BCUT2D eigenvalue weighted by atomic mass is 32.2. The average Bonchev–Trinajstić information content (AvgIpc) is 1.65. The number of hydrogen-bond donors (Lipinski definition) is 9. The Morgan fingerprint density at radius 2 is 0.932 bits per heavy atom. The number of amides is 12. The number of aliphatic hydroxyl groups is 1. The largest absolute Gasteiger partial charge is 0.494 e. The Bertz CT molecular complexity index is 4450. The SMILES string of the molecule is CCCC(NC(=O)[C@@H]1C[C@@H]2CN1C(=O)[C@H](C1CCCCC1)NC(=O)Cc1cccc(c1)OCCCS2(=O)=O)C(=O)C(=O)NCC(=O)N[C@H](C(=O)N(C)C)c1ccccc1.CCCC(NC(=O)[C@@H]1C[C@@H]2CN1C(=O)[C@H](C1CCCCC1)NC(=O)Cc1cccc(c1)OCCCS2(=O)=O)C(O)C(=O)NCC(=O)N[C@H](C(=O)N(C)C)c1ccccc1. The monoisotopic (exact) mass is 1670 g/mol. The smallest absolute Gasteiger partial charge is 0.290 e. The van der Waals surface area contributed by atoms with Gasteiger partial charge in [-0.3, -0.25) is 62.3 Å². The summed E-state index contributed by atoms with van der Waals surface area (Å²) in [5.41, 5.74) is 2.37. The lowest BCUT2D eigenvalue weighted by atomic mass is 9.83. The first-order chi connectivity index (χ1) is 56.4. The molecule has 4 fully saturated rings. The van der Waals surface area contributed by atoms with Crippen LogP contribution in [0.5, 0.6) is 11.5 Å². The second-order valence-corrected chi connectivity index (χ2v) is 36.5. The summed E-state index contributed by atoms with van der Waals surface area (Å²) in [5.74, 6) is -8.86. The quantitative estimate of drug-likeness (QED) is 0.0455. The lowest BCUT2D eigenvalue weighted by Gasteiger charge is -2.35. The van der Waals surface area contributed by atoms with E-state index in [-0.39, 0.29) is 101 Å². The second kappa shape index (κ2) is 43.4. The minimum atomic E-state index is -3.86. The van der Waals surface area contributed by atoms with Gasteiger partial charge in [-0.25, -0.2) is 16.8 Å². The van der Waals surface area contributed by atoms with Crippen LogP contribution < -0.4 is 52.0 Å². The van der Waals surface area contributed by atoms with Gasteiger partial charge in [-0.05, 0) is 123 Å². The summed E-state index contributed by atoms with van der Waals surface area (Å²) >= 11 is 0. The summed E-state index contributed by atoms with van der Waals surface area (Å²) in [4.78, 5) is 181. The zero-order valence-corrected chi connectivity index (χ0v) is 69.6. The van der Waals surface area contributed by atoms with E-state index in [2.05, 4.69) is 42.5 Å². The van der Waals surface area contributed by atoms with Crippen molar-refractivity contribution in [2.24, 2.45) is 11.8 Å². The van der Waals surface area contributed by atoms with Crippen molar-refractivity contribution in [1.82, 2.24) is 62.1 Å². The van der Waals surface area contributed by atoms with E-state index in [4.69, 9.17) is 9.47 Å². The van der Waals surface area contributed by atoms with Crippen molar-refractivity contribution >= 4 is 96.3 Å². The van der Waals surface area contributed by atoms with Crippen molar-refractivity contribution in [2.75, 3.05) is 79.1 Å². The molecular weight excluding hydrogens is 1560 g/mol. The number of carbonyl (C=O) groups is 13. The molecule has 10 rings (SSSR count). The van der Waals surface area contributed by atoms with Crippen LogP contribution in [0, 0.1) is 11.8 Å². The lowest BCUT2D eigenvalue weighted by molar-refractivity contribution is -0.144. The number of sulfone groups is 2. The van der Waals surface area contributed by atoms with Crippen molar-refractivity contribution in [2.45, 2.75) is 207 Å². The van der Waals surface area contributed by atoms with Gasteiger partial charge in [0, 0.05) is 41.3 Å². The first-order valence-corrected chi connectivity index (χ1v) is 44.4. The molecule has 34 heteroatoms. The van der Waals surface area contributed by atoms with Gasteiger partial charge in [0.05, 0.1) is 73.2 Å². The average molecular weight is 1680 g/mol. The van der Waals surface area contributed by atoms with Crippen LogP contribution in [0.3, 0.4) is 0 Å². The molecule has 4 aliphatic heterocycles. The predicted octanol–water partition coefficient (Wildman–Crippen LogP) is 2.55. The number of fused-ring (bicyclic) bond motifs is 8. The van der Waals surface area contributed by atoms with E-state index in [9.17, 15) is 84.3 Å². The number of ketones is 1. The van der Waals surface area contributed by atoms with Gasteiger partial charge < -0.3 is 76.7 Å². The van der Waals surface area contributed by atoms with E-state index in [1.807, 2.05) is 0 Å². The molecule has 32 nitrogen and oxygen atoms in total. The minimum absolute atomic E-state index is 0.0171. The number of aliphatic hydroxyl groups excluding tert-OH is 1. The van der Waals surface area contributed by atoms with Gasteiger partial charge in [0.2, 0.25) is 64.9 Å². The Kier molecular flexibility index (Phi) is 33.7. The van der Waals surface area contributed by atoms with Gasteiger partial charge in [-0.2, -0.15) is 0 Å². The zero-order chi connectivity index (χ0) is 85.4. The molecule has 4 aromatic rings. The van der Waals surface area contributed by atoms with Gasteiger partial charge in [0.1, 0.15) is 47.8 Å². The standard InChI is InChI=1S/C42H58N6O10S.C42H56N6O10S/c2*1-4-13-32(38(51)40(53)43-25-35(50)46-36(41(54)47(2)3)28-15-7-5-8-16-28)44-39(52)33-24-31-26-48(33)42(55)37(29-17-9-6-10-18-29)45-34(49)23-27-14-11-19-30(22-27)58-20-12-21-59(31,56)57/h5,7-8,11,14-16,19,22,29,31-33,36-38,51H,4,6,9-10,12-13,17-18,20-21,23-26H2,1-3H3,(H,43,53)(H,44,52)(H,45,49)(H,46,50);5,7-8,11,14-16,19,22,29,31-33,36-37H,4,6,9-10,12-13,17-18,20-21,23-26H2,1-3H3,(H,43,53)(H,44,52)(H,45,49)(H,46,50)/t31-,32?,33+,36+,37+,38?;31-,32?,33+,36+,37+/m11/s1. The molecule has 12 amide bonds. The maximum absolute atomic E-state index is 14.6. The molecule has 11 atom stereocenters. The molecular formula is C84H114N12O20S2. The molecule has 642 valence electrons. The second-order valence-electron chi connectivity index (χ2n) is 31.7. The van der Waals surface area contributed by atoms with Crippen molar-refractivity contribution in [3.8, 4) is 11.5 Å². The van der Waals surface area contributed by atoms with Crippen molar-refractivity contribution in [1.29, 1.82) is 0 Å². The third-order valence-electron chi connectivity index (χ3n) is 22.4. The summed E-state index contributed by atoms with van der Waals surface area (Å²) in [7, 11) is -1.53. The number of carbonyl (C=O) groups excluding carboxylic acids is 13. The first-order valence-electron chi connectivity index (χ1n) is 40.9. The minimum Gasteiger partial charge on any atom is -0.494 e. The van der Waals surface area contributed by atoms with Crippen LogP contribution in [0.25, 0.3) is 0 Å². The number of nitrogens with zero attached hydrogens (tertiary/aromatic N) is 4. The number of likely N-dealkylation sites (N-methyl/N-ethyl adjacent to an activating group) is 2. The number of ether oxygens (including phenoxy) is 2. The fourth-order valence-electron chi connectivity index (χ4n) is 16.1. The van der Waals surface area contributed by atoms with Gasteiger partial charge >= 0.3 is 0 Å². The summed E-state index contributed by atoms with van der Waals surface area (Å²) in [5, 5.41) is 30.1. The molecule has 3 unspecified atom stereocenters. The van der Waals surface area contributed by atoms with Crippen molar-refractivity contribution < 1.29 is 93.7 Å². The molecule has 0 spiro atoms. The molecule has 4 heterocycles. The Labute approximate surface area is 689 Å². The summed E-state index contributed by atoms with van der Waals surface area (Å²) in [6.07, 6.45) is 6.93. The highest BCUT2D eigenvalue weighted by Gasteiger charge is 2.51. The van der Waals surface area contributed by atoms with Crippen molar-refractivity contribution in [3.63, 3.8) is 0 Å². The van der Waals surface area contributed by atoms with Crippen LogP contribution in [0.15, 0.2) is 109 Å². The number of Topliss-reactive ketones (excluding diaryl/α,β-unsaturated/α-hetero) is 1. The van der Waals surface area contributed by atoms with E-state index in [1.165, 1.54) is 33.7 Å². The molecule has 4 aromatic carbocycles. The maximum Gasteiger partial charge on any atom is 0.290 e. The fraction of sp³-hybridized carbons (Fsp3) is 0.560. The van der Waals surface area contributed by atoms with Gasteiger partial charge in [-0.15, -0.1) is 0 Å². The van der Waals surface area contributed by atoms with Crippen LogP contribution in [0.2, 0.25) is 0 Å². The summed E-state index contributed by atoms with van der Waals surface area (Å²) < 4.78 is 66.7. The van der Waals surface area contributed by atoms with Crippen molar-refractivity contribution in [3.05, 3.63) is 131 Å². The van der Waals surface area contributed by atoms with Crippen LogP contribution in [0.1, 0.15) is 164 Å². The summed E-state index contributed by atoms with van der Waals surface area (Å²) in [6.45, 7) is 1.93. The molecule has 9 N–H and O–H groups in total. The van der Waals surface area contributed by atoms with E-state index >= 15 is 0 Å². The predicted molar refractivity (Wildman–Crippen MR) is 436 cm³/mol. The van der Waals surface area contributed by atoms with E-state index in [1.54, 1.807) is 137 Å². The Hall–Kier alpha value is -10.4.